The van der Waals surface area contributed by atoms with Crippen molar-refractivity contribution in [3.05, 3.63) is 63.6 Å². The molecule has 0 atom stereocenters. The van der Waals surface area contributed by atoms with Gasteiger partial charge in [-0.1, -0.05) is 39.7 Å². The molecule has 0 aliphatic heterocycles. The van der Waals surface area contributed by atoms with Gasteiger partial charge in [0.2, 0.25) is 5.82 Å². The summed E-state index contributed by atoms with van der Waals surface area (Å²) in [6.07, 6.45) is 0.318. The van der Waals surface area contributed by atoms with Crippen LogP contribution in [0.25, 0.3) is 11.4 Å². The summed E-state index contributed by atoms with van der Waals surface area (Å²) < 4.78 is 0.944. The molecule has 2 aromatic carbocycles. The molecule has 7 heteroatoms. The highest BCUT2D eigenvalue weighted by Gasteiger charge is 2.09. The first-order valence-electron chi connectivity index (χ1n) is 6.94. The maximum atomic E-state index is 12.1. The summed E-state index contributed by atoms with van der Waals surface area (Å²) in [5, 5.41) is 12.9. The molecule has 116 valence electrons. The third-order valence-electron chi connectivity index (χ3n) is 3.26. The summed E-state index contributed by atoms with van der Waals surface area (Å²) in [5.41, 5.74) is 1.51. The number of ketones is 1. The number of benzene rings is 2. The maximum absolute atomic E-state index is 12.1. The first kappa shape index (κ1) is 15.8. The number of tetrazole rings is 1. The van der Waals surface area contributed by atoms with Gasteiger partial charge in [-0.05, 0) is 41.6 Å². The van der Waals surface area contributed by atoms with E-state index in [2.05, 4.69) is 31.3 Å². The van der Waals surface area contributed by atoms with Crippen molar-refractivity contribution in [1.29, 1.82) is 0 Å². The Kier molecular flexibility index (Phi) is 4.83. The van der Waals surface area contributed by atoms with Crippen molar-refractivity contribution in [1.82, 2.24) is 20.2 Å². The molecule has 3 aromatic rings. The first-order valence-corrected chi connectivity index (χ1v) is 8.11. The summed E-state index contributed by atoms with van der Waals surface area (Å²) in [4.78, 5) is 13.6. The highest BCUT2D eigenvalue weighted by molar-refractivity contribution is 9.10. The quantitative estimate of drug-likeness (QED) is 0.616. The van der Waals surface area contributed by atoms with E-state index >= 15 is 0 Å². The Bertz CT molecular complexity index is 815. The predicted molar refractivity (Wildman–Crippen MR) is 91.4 cm³/mol. The molecule has 1 heterocycles. The van der Waals surface area contributed by atoms with E-state index in [1.807, 2.05) is 24.3 Å². The number of rotatable bonds is 5. The minimum absolute atomic E-state index is 0.0443. The number of aromatic nitrogens is 4. The van der Waals surface area contributed by atoms with Crippen LogP contribution in [0.4, 0.5) is 0 Å². The van der Waals surface area contributed by atoms with Gasteiger partial charge in [0.25, 0.3) is 0 Å². The number of hydrogen-bond donors (Lipinski definition) is 0. The van der Waals surface area contributed by atoms with E-state index in [4.69, 9.17) is 11.6 Å². The fourth-order valence-corrected chi connectivity index (χ4v) is 2.42. The van der Waals surface area contributed by atoms with E-state index in [-0.39, 0.29) is 5.78 Å². The van der Waals surface area contributed by atoms with Crippen molar-refractivity contribution in [3.63, 3.8) is 0 Å². The van der Waals surface area contributed by atoms with Crippen molar-refractivity contribution in [3.8, 4) is 11.4 Å². The molecular formula is C16H12BrClN4O. The van der Waals surface area contributed by atoms with Gasteiger partial charge in [0.1, 0.15) is 0 Å². The minimum atomic E-state index is 0.0443. The first-order chi connectivity index (χ1) is 11.1. The van der Waals surface area contributed by atoms with Crippen molar-refractivity contribution in [2.24, 2.45) is 0 Å². The van der Waals surface area contributed by atoms with E-state index in [1.165, 1.54) is 4.80 Å². The largest absolute Gasteiger partial charge is 0.294 e. The van der Waals surface area contributed by atoms with Gasteiger partial charge in [-0.3, -0.25) is 4.79 Å². The topological polar surface area (TPSA) is 60.7 Å². The zero-order valence-corrected chi connectivity index (χ0v) is 14.3. The molecular weight excluding hydrogens is 380 g/mol. The van der Waals surface area contributed by atoms with Crippen LogP contribution < -0.4 is 0 Å². The van der Waals surface area contributed by atoms with Crippen molar-refractivity contribution in [2.45, 2.75) is 13.0 Å². The van der Waals surface area contributed by atoms with Crippen LogP contribution in [-0.2, 0) is 6.54 Å². The van der Waals surface area contributed by atoms with E-state index in [1.54, 1.807) is 24.3 Å². The Labute approximate surface area is 146 Å². The van der Waals surface area contributed by atoms with Gasteiger partial charge in [0, 0.05) is 27.0 Å². The number of carbonyl (C=O) groups is 1. The third kappa shape index (κ3) is 4.03. The lowest BCUT2D eigenvalue weighted by Gasteiger charge is -2.00. The lowest BCUT2D eigenvalue weighted by Crippen LogP contribution is -2.08. The Morgan fingerprint density at radius 3 is 2.48 bits per heavy atom. The summed E-state index contributed by atoms with van der Waals surface area (Å²) in [5.74, 6) is 0.556. The second-order valence-corrected chi connectivity index (χ2v) is 6.25. The van der Waals surface area contributed by atoms with Crippen LogP contribution >= 0.6 is 27.5 Å². The van der Waals surface area contributed by atoms with Gasteiger partial charge in [0.15, 0.2) is 5.78 Å². The molecule has 0 unspecified atom stereocenters. The van der Waals surface area contributed by atoms with Crippen LogP contribution in [0.3, 0.4) is 0 Å². The molecule has 5 nitrogen and oxygen atoms in total. The average molecular weight is 392 g/mol. The number of carbonyl (C=O) groups excluding carboxylic acids is 1. The van der Waals surface area contributed by atoms with Crippen molar-refractivity contribution in [2.75, 3.05) is 0 Å². The van der Waals surface area contributed by atoms with E-state index in [0.29, 0.717) is 29.4 Å². The smallest absolute Gasteiger partial charge is 0.204 e. The van der Waals surface area contributed by atoms with Crippen LogP contribution in [-0.4, -0.2) is 26.0 Å². The van der Waals surface area contributed by atoms with E-state index in [0.717, 1.165) is 10.0 Å². The third-order valence-corrected chi connectivity index (χ3v) is 4.04. The fourth-order valence-electron chi connectivity index (χ4n) is 2.03. The Morgan fingerprint density at radius 1 is 1.09 bits per heavy atom. The van der Waals surface area contributed by atoms with E-state index < -0.39 is 0 Å². The summed E-state index contributed by atoms with van der Waals surface area (Å²) in [6, 6.07) is 14.5. The van der Waals surface area contributed by atoms with Gasteiger partial charge >= 0.3 is 0 Å². The van der Waals surface area contributed by atoms with Crippen molar-refractivity contribution >= 4 is 33.3 Å². The molecule has 0 fully saturated rings. The lowest BCUT2D eigenvalue weighted by molar-refractivity contribution is 0.0973. The standard InChI is InChI=1S/C16H12BrClN4O/c17-13-5-1-11(2-6-13)15(23)9-10-22-20-16(19-21-22)12-3-7-14(18)8-4-12/h1-8H,9-10H2. The molecule has 0 bridgehead atoms. The SMILES string of the molecule is O=C(CCn1nnc(-c2ccc(Cl)cc2)n1)c1ccc(Br)cc1. The number of halogens is 2. The van der Waals surface area contributed by atoms with E-state index in [9.17, 15) is 4.79 Å². The molecule has 0 saturated carbocycles. The molecule has 3 rings (SSSR count). The molecule has 0 aliphatic rings. The normalized spacial score (nSPS) is 10.7. The predicted octanol–water partition coefficient (Wildman–Crippen LogP) is 4.03. The highest BCUT2D eigenvalue weighted by Crippen LogP contribution is 2.17. The Balaban J connectivity index is 1.64. The number of aryl methyl sites for hydroxylation is 1. The minimum Gasteiger partial charge on any atom is -0.294 e. The second kappa shape index (κ2) is 7.02. The average Bonchev–Trinajstić information content (AvgIpc) is 3.03. The second-order valence-electron chi connectivity index (χ2n) is 4.90. The lowest BCUT2D eigenvalue weighted by atomic mass is 10.1. The number of nitrogens with zero attached hydrogens (tertiary/aromatic N) is 4. The summed E-state index contributed by atoms with van der Waals surface area (Å²) >= 11 is 9.20. The van der Waals surface area contributed by atoms with Crippen LogP contribution in [0.15, 0.2) is 53.0 Å². The molecule has 0 spiro atoms. The molecule has 0 amide bonds. The van der Waals surface area contributed by atoms with Crippen molar-refractivity contribution < 1.29 is 4.79 Å². The maximum Gasteiger partial charge on any atom is 0.204 e. The summed E-state index contributed by atoms with van der Waals surface area (Å²) in [6.45, 7) is 0.384. The zero-order valence-electron chi connectivity index (χ0n) is 12.0. The zero-order chi connectivity index (χ0) is 16.2. The molecule has 0 aliphatic carbocycles. The van der Waals surface area contributed by atoms with Gasteiger partial charge in [-0.25, -0.2) is 0 Å². The Morgan fingerprint density at radius 2 is 1.78 bits per heavy atom. The molecule has 0 N–H and O–H groups in total. The molecule has 23 heavy (non-hydrogen) atoms. The molecule has 1 aromatic heterocycles. The van der Waals surface area contributed by atoms with Crippen LogP contribution in [0.2, 0.25) is 5.02 Å². The fraction of sp³-hybridized carbons (Fsp3) is 0.125. The van der Waals surface area contributed by atoms with Crippen LogP contribution in [0, 0.1) is 0 Å². The number of hydrogen-bond acceptors (Lipinski definition) is 4. The van der Waals surface area contributed by atoms with Crippen LogP contribution in [0.1, 0.15) is 16.8 Å². The highest BCUT2D eigenvalue weighted by atomic mass is 79.9. The molecule has 0 radical (unpaired) electrons. The van der Waals surface area contributed by atoms with Crippen LogP contribution in [0.5, 0.6) is 0 Å². The monoisotopic (exact) mass is 390 g/mol. The van der Waals surface area contributed by atoms with Gasteiger partial charge < -0.3 is 0 Å². The Hall–Kier alpha value is -2.05. The van der Waals surface area contributed by atoms with Gasteiger partial charge in [-0.2, -0.15) is 4.80 Å². The summed E-state index contributed by atoms with van der Waals surface area (Å²) in [7, 11) is 0. The van der Waals surface area contributed by atoms with Gasteiger partial charge in [0.05, 0.1) is 6.54 Å². The molecule has 0 saturated heterocycles. The van der Waals surface area contributed by atoms with Gasteiger partial charge in [-0.15, -0.1) is 10.2 Å². The number of Topliss-reactive ketones (excluding diaryl/α,β-unsaturated/α-hetero) is 1.